The Morgan fingerprint density at radius 2 is 2.55 bits per heavy atom. The minimum absolute atomic E-state index is 0.627. The van der Waals surface area contributed by atoms with Crippen LogP contribution < -0.4 is 5.73 Å². The van der Waals surface area contributed by atoms with Gasteiger partial charge in [0.2, 0.25) is 0 Å². The van der Waals surface area contributed by atoms with Crippen molar-refractivity contribution in [1.82, 2.24) is 0 Å². The van der Waals surface area contributed by atoms with Crippen LogP contribution >= 0.6 is 0 Å². The van der Waals surface area contributed by atoms with Gasteiger partial charge in [0, 0.05) is 12.1 Å². The smallest absolute Gasteiger partial charge is 0.0974 e. The van der Waals surface area contributed by atoms with Crippen LogP contribution in [0.15, 0.2) is 28.6 Å². The molecule has 0 aliphatic heterocycles. The Hall–Kier alpha value is -1.02. The molecule has 11 heavy (non-hydrogen) atoms. The molecule has 1 aromatic heterocycles. The first-order chi connectivity index (χ1) is 5.36. The highest BCUT2D eigenvalue weighted by molar-refractivity contribution is 5.51. The van der Waals surface area contributed by atoms with Crippen LogP contribution in [0.2, 0.25) is 0 Å². The second-order valence-corrected chi connectivity index (χ2v) is 2.42. The maximum atomic E-state index is 5.50. The Kier molecular flexibility index (Phi) is 2.93. The lowest BCUT2D eigenvalue weighted by atomic mass is 10.1. The molecule has 1 heterocycles. The molecule has 0 spiro atoms. The van der Waals surface area contributed by atoms with E-state index in [0.29, 0.717) is 6.54 Å². The molecule has 0 saturated carbocycles. The molecule has 0 bridgehead atoms. The van der Waals surface area contributed by atoms with Gasteiger partial charge >= 0.3 is 0 Å². The largest absolute Gasteiger partial charge is 0.472 e. The number of hydrogen-bond donors (Lipinski definition) is 1. The van der Waals surface area contributed by atoms with E-state index < -0.39 is 0 Å². The van der Waals surface area contributed by atoms with Gasteiger partial charge in [0.1, 0.15) is 0 Å². The molecule has 0 aliphatic carbocycles. The summed E-state index contributed by atoms with van der Waals surface area (Å²) in [5, 5.41) is 0. The molecule has 60 valence electrons. The van der Waals surface area contributed by atoms with Crippen LogP contribution in [-0.4, -0.2) is 6.54 Å². The predicted molar refractivity (Wildman–Crippen MR) is 46.0 cm³/mol. The van der Waals surface area contributed by atoms with Gasteiger partial charge in [-0.2, -0.15) is 0 Å². The molecule has 0 saturated heterocycles. The molecule has 0 fully saturated rings. The van der Waals surface area contributed by atoms with Crippen molar-refractivity contribution in [3.05, 3.63) is 29.7 Å². The fourth-order valence-electron chi connectivity index (χ4n) is 0.898. The van der Waals surface area contributed by atoms with Gasteiger partial charge in [0.15, 0.2) is 0 Å². The van der Waals surface area contributed by atoms with E-state index in [-0.39, 0.29) is 0 Å². The van der Waals surface area contributed by atoms with E-state index in [1.165, 1.54) is 5.57 Å². The summed E-state index contributed by atoms with van der Waals surface area (Å²) in [7, 11) is 0. The molecule has 0 amide bonds. The standard InChI is InChI=1S/C9H13NO/c1-2-8(6-10)5-9-3-4-11-7-9/h3-5,7H,2,6,10H2,1H3/b8-5-. The van der Waals surface area contributed by atoms with Crippen molar-refractivity contribution in [2.75, 3.05) is 6.54 Å². The van der Waals surface area contributed by atoms with Gasteiger partial charge in [0.25, 0.3) is 0 Å². The molecule has 2 heteroatoms. The van der Waals surface area contributed by atoms with Crippen LogP contribution in [-0.2, 0) is 0 Å². The van der Waals surface area contributed by atoms with Crippen molar-refractivity contribution >= 4 is 6.08 Å². The van der Waals surface area contributed by atoms with E-state index in [4.69, 9.17) is 10.2 Å². The van der Waals surface area contributed by atoms with Crippen LogP contribution in [0.25, 0.3) is 6.08 Å². The van der Waals surface area contributed by atoms with E-state index in [1.807, 2.05) is 6.07 Å². The normalized spacial score (nSPS) is 12.0. The monoisotopic (exact) mass is 151 g/mol. The van der Waals surface area contributed by atoms with Crippen LogP contribution in [0, 0.1) is 0 Å². The summed E-state index contributed by atoms with van der Waals surface area (Å²) in [5.74, 6) is 0. The number of nitrogens with two attached hydrogens (primary N) is 1. The van der Waals surface area contributed by atoms with Crippen molar-refractivity contribution in [3.8, 4) is 0 Å². The number of furan rings is 1. The average Bonchev–Trinajstić information content (AvgIpc) is 2.52. The average molecular weight is 151 g/mol. The van der Waals surface area contributed by atoms with Gasteiger partial charge < -0.3 is 10.2 Å². The lowest BCUT2D eigenvalue weighted by molar-refractivity contribution is 0.567. The molecular formula is C9H13NO. The van der Waals surface area contributed by atoms with E-state index in [9.17, 15) is 0 Å². The Balaban J connectivity index is 2.71. The molecule has 0 aromatic carbocycles. The highest BCUT2D eigenvalue weighted by Crippen LogP contribution is 2.08. The van der Waals surface area contributed by atoms with E-state index in [2.05, 4.69) is 13.0 Å². The number of rotatable bonds is 3. The van der Waals surface area contributed by atoms with E-state index in [0.717, 1.165) is 12.0 Å². The molecule has 0 aliphatic rings. The second-order valence-electron chi connectivity index (χ2n) is 2.42. The predicted octanol–water partition coefficient (Wildman–Crippen LogP) is 2.03. The lowest BCUT2D eigenvalue weighted by Crippen LogP contribution is -2.01. The maximum absolute atomic E-state index is 5.50. The summed E-state index contributed by atoms with van der Waals surface area (Å²) < 4.78 is 4.92. The zero-order chi connectivity index (χ0) is 8.10. The lowest BCUT2D eigenvalue weighted by Gasteiger charge is -1.96. The summed E-state index contributed by atoms with van der Waals surface area (Å²) in [4.78, 5) is 0. The van der Waals surface area contributed by atoms with Crippen molar-refractivity contribution in [2.45, 2.75) is 13.3 Å². The number of hydrogen-bond acceptors (Lipinski definition) is 2. The zero-order valence-electron chi connectivity index (χ0n) is 6.71. The van der Waals surface area contributed by atoms with Crippen molar-refractivity contribution in [2.24, 2.45) is 5.73 Å². The van der Waals surface area contributed by atoms with Crippen LogP contribution in [0.1, 0.15) is 18.9 Å². The highest BCUT2D eigenvalue weighted by atomic mass is 16.3. The third kappa shape index (κ3) is 2.24. The van der Waals surface area contributed by atoms with Gasteiger partial charge in [-0.05, 0) is 12.5 Å². The molecular weight excluding hydrogens is 138 g/mol. The summed E-state index contributed by atoms with van der Waals surface area (Å²) in [6, 6.07) is 1.92. The van der Waals surface area contributed by atoms with Crippen molar-refractivity contribution in [3.63, 3.8) is 0 Å². The topological polar surface area (TPSA) is 39.2 Å². The second kappa shape index (κ2) is 3.98. The van der Waals surface area contributed by atoms with Crippen LogP contribution in [0.4, 0.5) is 0 Å². The zero-order valence-corrected chi connectivity index (χ0v) is 6.71. The fourth-order valence-corrected chi connectivity index (χ4v) is 0.898. The Morgan fingerprint density at radius 3 is 3.00 bits per heavy atom. The van der Waals surface area contributed by atoms with Gasteiger partial charge in [-0.25, -0.2) is 0 Å². The van der Waals surface area contributed by atoms with Crippen molar-refractivity contribution < 1.29 is 4.42 Å². The van der Waals surface area contributed by atoms with Crippen LogP contribution in [0.5, 0.6) is 0 Å². The Bertz CT molecular complexity index is 218. The summed E-state index contributed by atoms with van der Waals surface area (Å²) in [6.45, 7) is 2.72. The first kappa shape index (κ1) is 8.08. The molecule has 1 aromatic rings. The minimum Gasteiger partial charge on any atom is -0.472 e. The fraction of sp³-hybridized carbons (Fsp3) is 0.333. The van der Waals surface area contributed by atoms with E-state index in [1.54, 1.807) is 12.5 Å². The quantitative estimate of drug-likeness (QED) is 0.717. The molecule has 0 radical (unpaired) electrons. The summed E-state index contributed by atoms with van der Waals surface area (Å²) in [5.41, 5.74) is 7.83. The van der Waals surface area contributed by atoms with Gasteiger partial charge in [0.05, 0.1) is 12.5 Å². The Labute approximate surface area is 66.7 Å². The maximum Gasteiger partial charge on any atom is 0.0974 e. The van der Waals surface area contributed by atoms with Gasteiger partial charge in [-0.1, -0.05) is 18.6 Å². The first-order valence-electron chi connectivity index (χ1n) is 3.78. The van der Waals surface area contributed by atoms with Gasteiger partial charge in [-0.15, -0.1) is 0 Å². The molecule has 2 N–H and O–H groups in total. The van der Waals surface area contributed by atoms with E-state index >= 15 is 0 Å². The Morgan fingerprint density at radius 1 is 1.73 bits per heavy atom. The SMILES string of the molecule is CC/C(=C/c1ccoc1)CN. The first-order valence-corrected chi connectivity index (χ1v) is 3.78. The summed E-state index contributed by atoms with van der Waals surface area (Å²) in [6.07, 6.45) is 6.44. The van der Waals surface area contributed by atoms with Gasteiger partial charge in [-0.3, -0.25) is 0 Å². The van der Waals surface area contributed by atoms with Crippen LogP contribution in [0.3, 0.4) is 0 Å². The molecule has 2 nitrogen and oxygen atoms in total. The minimum atomic E-state index is 0.627. The molecule has 0 atom stereocenters. The highest BCUT2D eigenvalue weighted by Gasteiger charge is 1.92. The third-order valence-corrected chi connectivity index (χ3v) is 1.63. The third-order valence-electron chi connectivity index (χ3n) is 1.63. The summed E-state index contributed by atoms with van der Waals surface area (Å²) >= 11 is 0. The molecule has 1 rings (SSSR count). The molecule has 0 unspecified atom stereocenters. The van der Waals surface area contributed by atoms with Crippen molar-refractivity contribution in [1.29, 1.82) is 0 Å².